The smallest absolute Gasteiger partial charge is 0.254 e. The minimum Gasteiger partial charge on any atom is -0.335 e. The third kappa shape index (κ3) is 2.39. The molecule has 1 amide bonds. The van der Waals surface area contributed by atoms with Crippen LogP contribution in [0.2, 0.25) is 0 Å². The number of nitrogens with zero attached hydrogens (tertiary/aromatic N) is 1. The first-order valence-electron chi connectivity index (χ1n) is 7.33. The van der Waals surface area contributed by atoms with Crippen LogP contribution in [-0.4, -0.2) is 37.0 Å². The van der Waals surface area contributed by atoms with Gasteiger partial charge >= 0.3 is 0 Å². The monoisotopic (exact) mass is 258 g/mol. The molecular formula is C16H22N2O. The second kappa shape index (κ2) is 5.33. The largest absolute Gasteiger partial charge is 0.335 e. The van der Waals surface area contributed by atoms with Crippen molar-refractivity contribution in [2.75, 3.05) is 20.1 Å². The number of amides is 1. The maximum Gasteiger partial charge on any atom is 0.254 e. The highest BCUT2D eigenvalue weighted by Crippen LogP contribution is 2.38. The quantitative estimate of drug-likeness (QED) is 0.896. The van der Waals surface area contributed by atoms with Crippen LogP contribution < -0.4 is 5.32 Å². The zero-order chi connectivity index (χ0) is 13.2. The Balaban J connectivity index is 1.79. The number of rotatable bonds is 4. The van der Waals surface area contributed by atoms with E-state index in [-0.39, 0.29) is 5.91 Å². The van der Waals surface area contributed by atoms with Gasteiger partial charge in [0.05, 0.1) is 0 Å². The number of carbonyl (C=O) groups is 1. The van der Waals surface area contributed by atoms with E-state index in [1.165, 1.54) is 24.8 Å². The molecule has 3 nitrogen and oxygen atoms in total. The average molecular weight is 258 g/mol. The average Bonchev–Trinajstić information content (AvgIpc) is 3.07. The van der Waals surface area contributed by atoms with Crippen LogP contribution in [0.5, 0.6) is 0 Å². The van der Waals surface area contributed by atoms with Crippen molar-refractivity contribution >= 4 is 5.91 Å². The molecule has 1 heterocycles. The Labute approximate surface area is 115 Å². The van der Waals surface area contributed by atoms with Gasteiger partial charge in [0.1, 0.15) is 0 Å². The first-order chi connectivity index (χ1) is 9.29. The fourth-order valence-corrected chi connectivity index (χ4v) is 3.53. The normalized spacial score (nSPS) is 25.0. The number of likely N-dealkylation sites (N-methyl/N-ethyl adjacent to an activating group) is 1. The molecule has 2 unspecified atom stereocenters. The Morgan fingerprint density at radius 3 is 2.89 bits per heavy atom. The third-order valence-corrected chi connectivity index (χ3v) is 4.56. The lowest BCUT2D eigenvalue weighted by Crippen LogP contribution is -2.38. The number of hydrogen-bond acceptors (Lipinski definition) is 2. The number of piperidine rings is 1. The van der Waals surface area contributed by atoms with Crippen LogP contribution in [0.25, 0.3) is 0 Å². The van der Waals surface area contributed by atoms with Gasteiger partial charge in [-0.25, -0.2) is 0 Å². The molecular weight excluding hydrogens is 236 g/mol. The molecule has 1 aromatic rings. The summed E-state index contributed by atoms with van der Waals surface area (Å²) >= 11 is 0. The fraction of sp³-hybridized carbons (Fsp3) is 0.562. The summed E-state index contributed by atoms with van der Waals surface area (Å²) in [5.74, 6) is 1.01. The minimum atomic E-state index is 0.249. The van der Waals surface area contributed by atoms with Gasteiger partial charge in [-0.3, -0.25) is 4.79 Å². The van der Waals surface area contributed by atoms with Crippen molar-refractivity contribution in [3.8, 4) is 0 Å². The molecule has 102 valence electrons. The Bertz CT molecular complexity index is 472. The molecule has 2 fully saturated rings. The molecule has 1 aliphatic heterocycles. The van der Waals surface area contributed by atoms with Crippen molar-refractivity contribution in [2.45, 2.75) is 31.7 Å². The lowest BCUT2D eigenvalue weighted by molar-refractivity contribution is 0.0702. The minimum absolute atomic E-state index is 0.249. The lowest BCUT2D eigenvalue weighted by atomic mass is 10.0. The molecule has 0 spiro atoms. The van der Waals surface area contributed by atoms with E-state index in [0.29, 0.717) is 6.04 Å². The highest BCUT2D eigenvalue weighted by Gasteiger charge is 2.40. The van der Waals surface area contributed by atoms with Gasteiger partial charge < -0.3 is 10.2 Å². The lowest BCUT2D eigenvalue weighted by Gasteiger charge is -2.27. The first-order valence-corrected chi connectivity index (χ1v) is 7.33. The van der Waals surface area contributed by atoms with Crippen LogP contribution in [0.3, 0.4) is 0 Å². The summed E-state index contributed by atoms with van der Waals surface area (Å²) in [7, 11) is 1.95. The maximum absolute atomic E-state index is 12.7. The van der Waals surface area contributed by atoms with E-state index in [1.54, 1.807) is 0 Å². The van der Waals surface area contributed by atoms with Gasteiger partial charge in [-0.2, -0.15) is 0 Å². The second-order valence-corrected chi connectivity index (χ2v) is 5.80. The fourth-order valence-electron chi connectivity index (χ4n) is 3.53. The number of fused-ring (bicyclic) bond motifs is 2. The molecule has 2 bridgehead atoms. The van der Waals surface area contributed by atoms with Gasteiger partial charge in [-0.1, -0.05) is 18.2 Å². The molecule has 3 heteroatoms. The highest BCUT2D eigenvalue weighted by molar-refractivity contribution is 5.96. The molecule has 1 saturated heterocycles. The van der Waals surface area contributed by atoms with Gasteiger partial charge in [0.2, 0.25) is 0 Å². The van der Waals surface area contributed by atoms with Gasteiger partial charge in [0.25, 0.3) is 5.91 Å². The Hall–Kier alpha value is -1.35. The standard InChI is InChI=1S/C16H22N2O/c1-17-9-8-13-4-2-3-5-15(13)16(19)18-11-12-6-7-14(18)10-12/h2-5,12,14,17H,6-11H2,1H3. The predicted molar refractivity (Wildman–Crippen MR) is 76.2 cm³/mol. The summed E-state index contributed by atoms with van der Waals surface area (Å²) in [5.41, 5.74) is 2.08. The van der Waals surface area contributed by atoms with Crippen LogP contribution in [0, 0.1) is 5.92 Å². The van der Waals surface area contributed by atoms with Crippen LogP contribution in [0.1, 0.15) is 35.2 Å². The third-order valence-electron chi connectivity index (χ3n) is 4.56. The number of benzene rings is 1. The molecule has 1 saturated carbocycles. The van der Waals surface area contributed by atoms with Crippen molar-refractivity contribution in [1.82, 2.24) is 10.2 Å². The van der Waals surface area contributed by atoms with E-state index >= 15 is 0 Å². The van der Waals surface area contributed by atoms with Crippen LogP contribution in [0.15, 0.2) is 24.3 Å². The zero-order valence-corrected chi connectivity index (χ0v) is 11.6. The van der Waals surface area contributed by atoms with Crippen LogP contribution in [-0.2, 0) is 6.42 Å². The van der Waals surface area contributed by atoms with Crippen molar-refractivity contribution < 1.29 is 4.79 Å². The molecule has 1 aromatic carbocycles. The van der Waals surface area contributed by atoms with E-state index in [0.717, 1.165) is 31.0 Å². The number of likely N-dealkylation sites (tertiary alicyclic amines) is 1. The maximum atomic E-state index is 12.7. The summed E-state index contributed by atoms with van der Waals surface area (Å²) in [5, 5.41) is 3.15. The number of hydrogen-bond donors (Lipinski definition) is 1. The molecule has 1 N–H and O–H groups in total. The molecule has 3 rings (SSSR count). The highest BCUT2D eigenvalue weighted by atomic mass is 16.2. The molecule has 2 aliphatic rings. The van der Waals surface area contributed by atoms with Crippen LogP contribution >= 0.6 is 0 Å². The SMILES string of the molecule is CNCCc1ccccc1C(=O)N1CC2CCC1C2. The Morgan fingerprint density at radius 1 is 1.37 bits per heavy atom. The summed E-state index contributed by atoms with van der Waals surface area (Å²) in [6.45, 7) is 1.89. The van der Waals surface area contributed by atoms with E-state index in [2.05, 4.69) is 16.3 Å². The van der Waals surface area contributed by atoms with Crippen LogP contribution in [0.4, 0.5) is 0 Å². The second-order valence-electron chi connectivity index (χ2n) is 5.80. The molecule has 19 heavy (non-hydrogen) atoms. The van der Waals surface area contributed by atoms with E-state index < -0.39 is 0 Å². The predicted octanol–water partition coefficient (Wildman–Crippen LogP) is 2.07. The summed E-state index contributed by atoms with van der Waals surface area (Å²) in [4.78, 5) is 14.8. The molecule has 2 atom stereocenters. The Morgan fingerprint density at radius 2 is 2.21 bits per heavy atom. The number of nitrogens with one attached hydrogen (secondary N) is 1. The zero-order valence-electron chi connectivity index (χ0n) is 11.6. The van der Waals surface area contributed by atoms with Gasteiger partial charge in [0, 0.05) is 18.2 Å². The van der Waals surface area contributed by atoms with E-state index in [9.17, 15) is 4.79 Å². The van der Waals surface area contributed by atoms with Crippen molar-refractivity contribution in [3.05, 3.63) is 35.4 Å². The van der Waals surface area contributed by atoms with Crippen molar-refractivity contribution in [3.63, 3.8) is 0 Å². The summed E-state index contributed by atoms with van der Waals surface area (Å²) in [6.07, 6.45) is 4.66. The topological polar surface area (TPSA) is 32.3 Å². The van der Waals surface area contributed by atoms with Gasteiger partial charge in [0.15, 0.2) is 0 Å². The van der Waals surface area contributed by atoms with Gasteiger partial charge in [-0.05, 0) is 56.8 Å². The molecule has 0 radical (unpaired) electrons. The Kier molecular flexibility index (Phi) is 3.56. The van der Waals surface area contributed by atoms with Crippen molar-refractivity contribution in [2.24, 2.45) is 5.92 Å². The molecule has 0 aromatic heterocycles. The van der Waals surface area contributed by atoms with Crippen molar-refractivity contribution in [1.29, 1.82) is 0 Å². The number of carbonyl (C=O) groups excluding carboxylic acids is 1. The van der Waals surface area contributed by atoms with Gasteiger partial charge in [-0.15, -0.1) is 0 Å². The van der Waals surface area contributed by atoms with E-state index in [1.807, 2.05) is 25.2 Å². The first kappa shape index (κ1) is 12.7. The summed E-state index contributed by atoms with van der Waals surface area (Å²) < 4.78 is 0. The molecule has 1 aliphatic carbocycles. The summed E-state index contributed by atoms with van der Waals surface area (Å²) in [6, 6.07) is 8.58. The van der Waals surface area contributed by atoms with E-state index in [4.69, 9.17) is 0 Å².